The Balaban J connectivity index is 1.15. The van der Waals surface area contributed by atoms with Crippen LogP contribution in [0, 0.1) is 28.5 Å². The third-order valence-electron chi connectivity index (χ3n) is 6.13. The third kappa shape index (κ3) is 7.00. The van der Waals surface area contributed by atoms with Crippen LogP contribution >= 0.6 is 0 Å². The zero-order chi connectivity index (χ0) is 24.6. The standard InChI is InChI=1S/C26H28FN5O3/c27-25-10-20(12-29)2-5-21(25)13-30-26(33)18-32-16-23-14-31(15-24(17-32)35-23)8-1-9-34-22-6-3-19(11-28)4-7-22/h2-7,10,23-24H,1,8-9,13-18H2,(H,30,33). The van der Waals surface area contributed by atoms with E-state index in [9.17, 15) is 9.18 Å². The van der Waals surface area contributed by atoms with Gasteiger partial charge < -0.3 is 14.8 Å². The molecule has 1 amide bonds. The average molecular weight is 478 g/mol. The van der Waals surface area contributed by atoms with Crippen LogP contribution in [0.25, 0.3) is 0 Å². The fraction of sp³-hybridized carbons (Fsp3) is 0.423. The molecule has 2 aliphatic rings. The van der Waals surface area contributed by atoms with Gasteiger partial charge in [0, 0.05) is 44.8 Å². The van der Waals surface area contributed by atoms with Crippen molar-refractivity contribution in [1.82, 2.24) is 15.1 Å². The van der Waals surface area contributed by atoms with E-state index >= 15 is 0 Å². The highest BCUT2D eigenvalue weighted by Crippen LogP contribution is 2.19. The van der Waals surface area contributed by atoms with Crippen LogP contribution in [-0.2, 0) is 16.1 Å². The third-order valence-corrected chi connectivity index (χ3v) is 6.13. The number of carbonyl (C=O) groups is 1. The van der Waals surface area contributed by atoms with Gasteiger partial charge in [-0.1, -0.05) is 6.07 Å². The van der Waals surface area contributed by atoms with E-state index in [0.717, 1.165) is 31.8 Å². The summed E-state index contributed by atoms with van der Waals surface area (Å²) in [6, 6.07) is 15.3. The fourth-order valence-electron chi connectivity index (χ4n) is 4.49. The van der Waals surface area contributed by atoms with Gasteiger partial charge in [0.25, 0.3) is 0 Å². The number of nitrogens with zero attached hydrogens (tertiary/aromatic N) is 4. The van der Waals surface area contributed by atoms with Gasteiger partial charge in [-0.25, -0.2) is 4.39 Å². The number of hydrogen-bond acceptors (Lipinski definition) is 7. The number of ether oxygens (including phenoxy) is 2. The van der Waals surface area contributed by atoms with Crippen molar-refractivity contribution in [2.75, 3.05) is 45.9 Å². The normalized spacial score (nSPS) is 20.0. The summed E-state index contributed by atoms with van der Waals surface area (Å²) in [6.07, 6.45) is 0.980. The molecule has 2 aliphatic heterocycles. The van der Waals surface area contributed by atoms with E-state index in [1.54, 1.807) is 18.2 Å². The van der Waals surface area contributed by atoms with Crippen molar-refractivity contribution >= 4 is 5.91 Å². The summed E-state index contributed by atoms with van der Waals surface area (Å²) < 4.78 is 25.9. The Morgan fingerprint density at radius 1 is 1.03 bits per heavy atom. The number of nitriles is 2. The minimum Gasteiger partial charge on any atom is -0.494 e. The van der Waals surface area contributed by atoms with E-state index in [2.05, 4.69) is 21.2 Å². The molecule has 2 fully saturated rings. The number of morpholine rings is 2. The lowest BCUT2D eigenvalue weighted by Crippen LogP contribution is -2.60. The smallest absolute Gasteiger partial charge is 0.234 e. The van der Waals surface area contributed by atoms with E-state index in [1.165, 1.54) is 12.1 Å². The molecule has 2 aromatic carbocycles. The van der Waals surface area contributed by atoms with Gasteiger partial charge in [-0.15, -0.1) is 0 Å². The van der Waals surface area contributed by atoms with Gasteiger partial charge in [-0.3, -0.25) is 14.6 Å². The largest absolute Gasteiger partial charge is 0.494 e. The second-order valence-electron chi connectivity index (χ2n) is 8.87. The molecule has 2 bridgehead atoms. The van der Waals surface area contributed by atoms with Crippen molar-refractivity contribution in [1.29, 1.82) is 10.5 Å². The topological polar surface area (TPSA) is 102 Å². The molecule has 8 nitrogen and oxygen atoms in total. The van der Waals surface area contributed by atoms with Gasteiger partial charge in [0.05, 0.1) is 48.6 Å². The lowest BCUT2D eigenvalue weighted by atomic mass is 10.1. The molecule has 2 atom stereocenters. The molecular formula is C26H28FN5O3. The molecule has 2 aromatic rings. The maximum atomic E-state index is 14.0. The summed E-state index contributed by atoms with van der Waals surface area (Å²) >= 11 is 0. The maximum Gasteiger partial charge on any atom is 0.234 e. The Kier molecular flexibility index (Phi) is 8.27. The number of rotatable bonds is 9. The second-order valence-corrected chi connectivity index (χ2v) is 8.87. The van der Waals surface area contributed by atoms with Gasteiger partial charge in [0.2, 0.25) is 5.91 Å². The monoisotopic (exact) mass is 477 g/mol. The summed E-state index contributed by atoms with van der Waals surface area (Å²) in [7, 11) is 0. The average Bonchev–Trinajstić information content (AvgIpc) is 2.85. The van der Waals surface area contributed by atoms with E-state index in [1.807, 2.05) is 18.2 Å². The molecule has 0 saturated carbocycles. The SMILES string of the molecule is N#Cc1ccc(OCCCN2CC3CN(CC(=O)NCc4ccc(C#N)cc4F)CC(C2)O3)cc1. The van der Waals surface area contributed by atoms with Crippen LogP contribution in [0.5, 0.6) is 5.75 Å². The highest BCUT2D eigenvalue weighted by molar-refractivity contribution is 5.78. The van der Waals surface area contributed by atoms with Crippen LogP contribution in [0.15, 0.2) is 42.5 Å². The Bertz CT molecular complexity index is 1100. The zero-order valence-electron chi connectivity index (χ0n) is 19.5. The first-order valence-electron chi connectivity index (χ1n) is 11.7. The van der Waals surface area contributed by atoms with Gasteiger partial charge in [-0.2, -0.15) is 10.5 Å². The molecule has 0 aliphatic carbocycles. The molecule has 2 unspecified atom stereocenters. The quantitative estimate of drug-likeness (QED) is 0.552. The summed E-state index contributed by atoms with van der Waals surface area (Å²) in [6.45, 7) is 4.80. The first-order chi connectivity index (χ1) is 17.0. The Hall–Kier alpha value is -3.50. The van der Waals surface area contributed by atoms with E-state index in [4.69, 9.17) is 20.0 Å². The van der Waals surface area contributed by atoms with Crippen molar-refractivity contribution in [2.24, 2.45) is 0 Å². The van der Waals surface area contributed by atoms with Gasteiger partial charge >= 0.3 is 0 Å². The second kappa shape index (κ2) is 11.8. The predicted molar refractivity (Wildman–Crippen MR) is 126 cm³/mol. The molecule has 182 valence electrons. The highest BCUT2D eigenvalue weighted by Gasteiger charge is 2.35. The van der Waals surface area contributed by atoms with Gasteiger partial charge in [-0.05, 0) is 42.8 Å². The number of hydrogen-bond donors (Lipinski definition) is 1. The Morgan fingerprint density at radius 2 is 1.69 bits per heavy atom. The molecule has 35 heavy (non-hydrogen) atoms. The molecule has 9 heteroatoms. The van der Waals surface area contributed by atoms with Crippen LogP contribution in [0.2, 0.25) is 0 Å². The Morgan fingerprint density at radius 3 is 2.34 bits per heavy atom. The van der Waals surface area contributed by atoms with Crippen LogP contribution < -0.4 is 10.1 Å². The van der Waals surface area contributed by atoms with Crippen LogP contribution in [0.1, 0.15) is 23.1 Å². The van der Waals surface area contributed by atoms with E-state index in [0.29, 0.717) is 30.8 Å². The molecule has 0 aromatic heterocycles. The minimum atomic E-state index is -0.493. The van der Waals surface area contributed by atoms with Gasteiger partial charge in [0.15, 0.2) is 0 Å². The molecule has 4 rings (SSSR count). The highest BCUT2D eigenvalue weighted by atomic mass is 19.1. The van der Waals surface area contributed by atoms with Crippen molar-refractivity contribution in [3.63, 3.8) is 0 Å². The number of nitrogens with one attached hydrogen (secondary N) is 1. The van der Waals surface area contributed by atoms with E-state index < -0.39 is 5.82 Å². The maximum absolute atomic E-state index is 14.0. The van der Waals surface area contributed by atoms with Crippen molar-refractivity contribution in [3.05, 3.63) is 65.0 Å². The lowest BCUT2D eigenvalue weighted by molar-refractivity contribution is -0.145. The first-order valence-corrected chi connectivity index (χ1v) is 11.7. The first kappa shape index (κ1) is 24.6. The Labute approximate surface area is 204 Å². The summed E-state index contributed by atoms with van der Waals surface area (Å²) in [4.78, 5) is 16.9. The van der Waals surface area contributed by atoms with Crippen LogP contribution in [0.3, 0.4) is 0 Å². The molecule has 0 radical (unpaired) electrons. The number of carbonyl (C=O) groups excluding carboxylic acids is 1. The minimum absolute atomic E-state index is 0.0470. The van der Waals surface area contributed by atoms with Crippen LogP contribution in [0.4, 0.5) is 4.39 Å². The van der Waals surface area contributed by atoms with Crippen molar-refractivity contribution in [3.8, 4) is 17.9 Å². The number of halogens is 1. The molecule has 2 heterocycles. The number of fused-ring (bicyclic) bond motifs is 2. The van der Waals surface area contributed by atoms with E-state index in [-0.39, 0.29) is 36.8 Å². The predicted octanol–water partition coefficient (Wildman–Crippen LogP) is 2.04. The number of amides is 1. The number of benzene rings is 2. The van der Waals surface area contributed by atoms with Crippen LogP contribution in [-0.4, -0.2) is 73.8 Å². The summed E-state index contributed by atoms with van der Waals surface area (Å²) in [5.41, 5.74) is 1.23. The van der Waals surface area contributed by atoms with Gasteiger partial charge in [0.1, 0.15) is 11.6 Å². The molecule has 2 saturated heterocycles. The van der Waals surface area contributed by atoms with Crippen molar-refractivity contribution in [2.45, 2.75) is 25.2 Å². The molecule has 1 N–H and O–H groups in total. The molecule has 0 spiro atoms. The lowest BCUT2D eigenvalue weighted by Gasteiger charge is -2.45. The molecular weight excluding hydrogens is 449 g/mol. The summed E-state index contributed by atoms with van der Waals surface area (Å²) in [5.74, 6) is 0.108. The fourth-order valence-corrected chi connectivity index (χ4v) is 4.49. The van der Waals surface area contributed by atoms with Crippen molar-refractivity contribution < 1.29 is 18.7 Å². The summed E-state index contributed by atoms with van der Waals surface area (Å²) in [5, 5.41) is 20.5. The zero-order valence-corrected chi connectivity index (χ0v) is 19.5.